The Labute approximate surface area is 52.4 Å². The average Bonchev–Trinajstić information content (AvgIpc) is 1.68. The van der Waals surface area contributed by atoms with Gasteiger partial charge in [0.25, 0.3) is 0 Å². The summed E-state index contributed by atoms with van der Waals surface area (Å²) in [5, 5.41) is 0. The van der Waals surface area contributed by atoms with Crippen LogP contribution in [0.15, 0.2) is 28.9 Å². The SMILES string of the molecule is C=CC(C)=C=CBr. The molecule has 0 amide bonds. The van der Waals surface area contributed by atoms with Gasteiger partial charge in [0.2, 0.25) is 0 Å². The Hall–Kier alpha value is -0.260. The van der Waals surface area contributed by atoms with Crippen molar-refractivity contribution in [1.29, 1.82) is 0 Å². The molecule has 0 aliphatic carbocycles. The summed E-state index contributed by atoms with van der Waals surface area (Å²) < 4.78 is 0. The second-order valence-corrected chi connectivity index (χ2v) is 1.60. The predicted octanol–water partition coefficient (Wildman–Crippen LogP) is 2.63. The van der Waals surface area contributed by atoms with E-state index in [1.54, 1.807) is 11.1 Å². The van der Waals surface area contributed by atoms with Crippen LogP contribution in [-0.4, -0.2) is 0 Å². The standard InChI is InChI=1S/C6H7Br/c1-3-6(2)4-5-7/h3,5H,1H2,2H3. The molecule has 0 aromatic rings. The van der Waals surface area contributed by atoms with E-state index in [-0.39, 0.29) is 0 Å². The van der Waals surface area contributed by atoms with E-state index in [4.69, 9.17) is 0 Å². The highest BCUT2D eigenvalue weighted by Crippen LogP contribution is 1.89. The maximum atomic E-state index is 3.54. The summed E-state index contributed by atoms with van der Waals surface area (Å²) in [6.07, 6.45) is 1.75. The quantitative estimate of drug-likeness (QED) is 0.407. The van der Waals surface area contributed by atoms with E-state index >= 15 is 0 Å². The Balaban J connectivity index is 4.00. The maximum absolute atomic E-state index is 3.54. The molecule has 0 N–H and O–H groups in total. The van der Waals surface area contributed by atoms with E-state index in [1.165, 1.54) is 0 Å². The molecule has 0 bridgehead atoms. The van der Waals surface area contributed by atoms with Crippen LogP contribution in [0.3, 0.4) is 0 Å². The monoisotopic (exact) mass is 158 g/mol. The average molecular weight is 159 g/mol. The van der Waals surface area contributed by atoms with Gasteiger partial charge in [-0.3, -0.25) is 0 Å². The Morgan fingerprint density at radius 2 is 2.43 bits per heavy atom. The van der Waals surface area contributed by atoms with Gasteiger partial charge in [-0.2, -0.15) is 0 Å². The molecule has 0 nitrogen and oxygen atoms in total. The molecule has 0 atom stereocenters. The van der Waals surface area contributed by atoms with Crippen molar-refractivity contribution in [3.8, 4) is 0 Å². The lowest BCUT2D eigenvalue weighted by Gasteiger charge is -1.74. The zero-order valence-corrected chi connectivity index (χ0v) is 5.83. The maximum Gasteiger partial charge on any atom is 0.0234 e. The molecule has 0 heterocycles. The van der Waals surface area contributed by atoms with Crippen LogP contribution in [0.25, 0.3) is 0 Å². The lowest BCUT2D eigenvalue weighted by Crippen LogP contribution is -1.54. The summed E-state index contributed by atoms with van der Waals surface area (Å²) >= 11 is 3.09. The van der Waals surface area contributed by atoms with Crippen molar-refractivity contribution in [3.05, 3.63) is 28.9 Å². The fourth-order valence-electron chi connectivity index (χ4n) is 0.145. The van der Waals surface area contributed by atoms with Crippen LogP contribution in [-0.2, 0) is 0 Å². The first-order valence-corrected chi connectivity index (χ1v) is 2.87. The van der Waals surface area contributed by atoms with Crippen LogP contribution in [0.2, 0.25) is 0 Å². The number of hydrogen-bond donors (Lipinski definition) is 0. The highest BCUT2D eigenvalue weighted by Gasteiger charge is 1.66. The molecule has 0 rings (SSSR count). The zero-order valence-electron chi connectivity index (χ0n) is 4.24. The first kappa shape index (κ1) is 6.74. The van der Waals surface area contributed by atoms with Crippen LogP contribution in [0.4, 0.5) is 0 Å². The van der Waals surface area contributed by atoms with Crippen LogP contribution in [0.1, 0.15) is 6.92 Å². The van der Waals surface area contributed by atoms with Crippen molar-refractivity contribution in [2.24, 2.45) is 0 Å². The van der Waals surface area contributed by atoms with Gasteiger partial charge < -0.3 is 0 Å². The molecule has 0 radical (unpaired) electrons. The Bertz CT molecular complexity index is 116. The van der Waals surface area contributed by atoms with Gasteiger partial charge in [0.15, 0.2) is 0 Å². The normalized spacial score (nSPS) is 6.57. The molecule has 0 saturated carbocycles. The largest absolute Gasteiger partial charge is 0.110 e. The summed E-state index contributed by atoms with van der Waals surface area (Å²) in [4.78, 5) is 1.68. The molecule has 0 aromatic heterocycles. The van der Waals surface area contributed by atoms with Gasteiger partial charge in [-0.05, 0) is 12.5 Å². The molecule has 1 heteroatoms. The molecule has 0 fully saturated rings. The van der Waals surface area contributed by atoms with E-state index in [0.717, 1.165) is 5.57 Å². The highest BCUT2D eigenvalue weighted by molar-refractivity contribution is 9.11. The molecule has 0 aliphatic heterocycles. The summed E-state index contributed by atoms with van der Waals surface area (Å²) in [6.45, 7) is 5.47. The van der Waals surface area contributed by atoms with Crippen LogP contribution in [0.5, 0.6) is 0 Å². The smallest absolute Gasteiger partial charge is 0.0234 e. The van der Waals surface area contributed by atoms with E-state index in [2.05, 4.69) is 28.2 Å². The lowest BCUT2D eigenvalue weighted by atomic mass is 10.3. The molecule has 0 aromatic carbocycles. The molecule has 0 unspecified atom stereocenters. The van der Waals surface area contributed by atoms with Gasteiger partial charge in [0, 0.05) is 4.99 Å². The summed E-state index contributed by atoms with van der Waals surface area (Å²) in [5.74, 6) is 0. The molecule has 0 spiro atoms. The molecule has 0 aliphatic rings. The fourth-order valence-corrected chi connectivity index (χ4v) is 0.506. The van der Waals surface area contributed by atoms with E-state index in [0.29, 0.717) is 0 Å². The van der Waals surface area contributed by atoms with Crippen molar-refractivity contribution in [3.63, 3.8) is 0 Å². The van der Waals surface area contributed by atoms with Gasteiger partial charge in [0.05, 0.1) is 0 Å². The van der Waals surface area contributed by atoms with Crippen molar-refractivity contribution in [1.82, 2.24) is 0 Å². The summed E-state index contributed by atoms with van der Waals surface area (Å²) in [5.41, 5.74) is 3.92. The van der Waals surface area contributed by atoms with Crippen molar-refractivity contribution >= 4 is 15.9 Å². The number of hydrogen-bond acceptors (Lipinski definition) is 0. The highest BCUT2D eigenvalue weighted by atomic mass is 79.9. The molecular formula is C6H7Br. The van der Waals surface area contributed by atoms with E-state index in [1.807, 2.05) is 6.92 Å². The minimum absolute atomic E-state index is 1.04. The first-order valence-electron chi connectivity index (χ1n) is 1.95. The fraction of sp³-hybridized carbons (Fsp3) is 0.167. The third kappa shape index (κ3) is 3.57. The summed E-state index contributed by atoms with van der Waals surface area (Å²) in [7, 11) is 0. The Morgan fingerprint density at radius 1 is 1.86 bits per heavy atom. The van der Waals surface area contributed by atoms with Crippen LogP contribution < -0.4 is 0 Å². The van der Waals surface area contributed by atoms with Gasteiger partial charge in [-0.1, -0.05) is 28.6 Å². The van der Waals surface area contributed by atoms with Gasteiger partial charge >= 0.3 is 0 Å². The minimum atomic E-state index is 1.04. The number of allylic oxidation sites excluding steroid dienone is 2. The van der Waals surface area contributed by atoms with Crippen molar-refractivity contribution in [2.75, 3.05) is 0 Å². The van der Waals surface area contributed by atoms with Gasteiger partial charge in [0.1, 0.15) is 0 Å². The molecule has 7 heavy (non-hydrogen) atoms. The number of halogens is 1. The zero-order chi connectivity index (χ0) is 5.70. The van der Waals surface area contributed by atoms with Crippen molar-refractivity contribution < 1.29 is 0 Å². The Morgan fingerprint density at radius 3 is 2.57 bits per heavy atom. The second-order valence-electron chi connectivity index (χ2n) is 1.14. The van der Waals surface area contributed by atoms with Crippen LogP contribution >= 0.6 is 15.9 Å². The third-order valence-electron chi connectivity index (χ3n) is 0.588. The predicted molar refractivity (Wildman–Crippen MR) is 36.4 cm³/mol. The molecular weight excluding hydrogens is 152 g/mol. The second kappa shape index (κ2) is 3.91. The third-order valence-corrected chi connectivity index (χ3v) is 0.817. The van der Waals surface area contributed by atoms with E-state index in [9.17, 15) is 0 Å². The topological polar surface area (TPSA) is 0 Å². The van der Waals surface area contributed by atoms with Gasteiger partial charge in [-0.25, -0.2) is 0 Å². The molecule has 38 valence electrons. The van der Waals surface area contributed by atoms with Crippen molar-refractivity contribution in [2.45, 2.75) is 6.92 Å². The van der Waals surface area contributed by atoms with E-state index < -0.39 is 0 Å². The minimum Gasteiger partial charge on any atom is -0.110 e. The van der Waals surface area contributed by atoms with Crippen LogP contribution in [0, 0.1) is 0 Å². The van der Waals surface area contributed by atoms with Gasteiger partial charge in [-0.15, -0.1) is 5.73 Å². The molecule has 0 saturated heterocycles. The Kier molecular flexibility index (Phi) is 3.77. The summed E-state index contributed by atoms with van der Waals surface area (Å²) in [6, 6.07) is 0. The lowest BCUT2D eigenvalue weighted by molar-refractivity contribution is 1.56. The number of rotatable bonds is 1. The first-order chi connectivity index (χ1) is 3.31.